The van der Waals surface area contributed by atoms with Gasteiger partial charge in [0, 0.05) is 35.1 Å². The first-order chi connectivity index (χ1) is 12.2. The first-order valence-electron chi connectivity index (χ1n) is 7.73. The van der Waals surface area contributed by atoms with Crippen LogP contribution in [0.15, 0.2) is 73.1 Å². The summed E-state index contributed by atoms with van der Waals surface area (Å²) in [5.74, 6) is -1.20. The number of rotatable bonds is 3. The Morgan fingerprint density at radius 1 is 0.800 bits per heavy atom. The predicted molar refractivity (Wildman–Crippen MR) is 94.6 cm³/mol. The van der Waals surface area contributed by atoms with E-state index in [1.165, 1.54) is 6.07 Å². The fraction of sp³-hybridized carbons (Fsp3) is 0. The van der Waals surface area contributed by atoms with Crippen molar-refractivity contribution in [3.8, 4) is 11.3 Å². The molecule has 2 aromatic heterocycles. The van der Waals surface area contributed by atoms with Crippen LogP contribution in [-0.4, -0.2) is 9.97 Å². The number of fused-ring (bicyclic) bond motifs is 1. The lowest BCUT2D eigenvalue weighted by molar-refractivity contribution is 0.509. The Morgan fingerprint density at radius 2 is 1.60 bits per heavy atom. The number of nitrogens with one attached hydrogen (secondary N) is 1. The van der Waals surface area contributed by atoms with E-state index < -0.39 is 11.6 Å². The average molecular weight is 333 g/mol. The third-order valence-electron chi connectivity index (χ3n) is 3.90. The molecular weight excluding hydrogens is 320 g/mol. The van der Waals surface area contributed by atoms with Crippen molar-refractivity contribution < 1.29 is 8.78 Å². The van der Waals surface area contributed by atoms with Gasteiger partial charge in [-0.3, -0.25) is 4.98 Å². The van der Waals surface area contributed by atoms with Crippen molar-refractivity contribution in [1.29, 1.82) is 0 Å². The van der Waals surface area contributed by atoms with Gasteiger partial charge in [-0.15, -0.1) is 0 Å². The molecule has 0 unspecified atom stereocenters. The Hall–Kier alpha value is -3.34. The van der Waals surface area contributed by atoms with Gasteiger partial charge >= 0.3 is 0 Å². The van der Waals surface area contributed by atoms with E-state index in [4.69, 9.17) is 0 Å². The van der Waals surface area contributed by atoms with Crippen molar-refractivity contribution in [3.05, 3.63) is 84.7 Å². The molecule has 1 N–H and O–H groups in total. The van der Waals surface area contributed by atoms with Crippen molar-refractivity contribution in [3.63, 3.8) is 0 Å². The van der Waals surface area contributed by atoms with Gasteiger partial charge in [-0.25, -0.2) is 13.8 Å². The predicted octanol–water partition coefficient (Wildman–Crippen LogP) is 5.32. The molecule has 0 radical (unpaired) electrons. The smallest absolute Gasteiger partial charge is 0.160 e. The molecule has 0 bridgehead atoms. The summed E-state index contributed by atoms with van der Waals surface area (Å²) in [6, 6.07) is 17.2. The van der Waals surface area contributed by atoms with Gasteiger partial charge < -0.3 is 5.32 Å². The van der Waals surface area contributed by atoms with Gasteiger partial charge in [-0.1, -0.05) is 24.3 Å². The third kappa shape index (κ3) is 3.04. The lowest BCUT2D eigenvalue weighted by atomic mass is 10.1. The van der Waals surface area contributed by atoms with Crippen LogP contribution in [0.1, 0.15) is 0 Å². The zero-order valence-corrected chi connectivity index (χ0v) is 13.1. The molecule has 0 amide bonds. The summed E-state index contributed by atoms with van der Waals surface area (Å²) >= 11 is 0. The number of hydrogen-bond acceptors (Lipinski definition) is 3. The van der Waals surface area contributed by atoms with E-state index >= 15 is 0 Å². The van der Waals surface area contributed by atoms with Crippen LogP contribution in [0.25, 0.3) is 22.0 Å². The molecule has 2 heterocycles. The second kappa shape index (κ2) is 6.28. The minimum absolute atomic E-state index is 0.434. The number of benzene rings is 2. The SMILES string of the molecule is Fc1ccc(Nc2nc(-c3ccncc3)cc3ccccc23)cc1F. The van der Waals surface area contributed by atoms with Crippen LogP contribution in [0, 0.1) is 11.6 Å². The van der Waals surface area contributed by atoms with E-state index in [0.29, 0.717) is 11.5 Å². The zero-order chi connectivity index (χ0) is 17.2. The van der Waals surface area contributed by atoms with E-state index in [-0.39, 0.29) is 0 Å². The standard InChI is InChI=1S/C20H13F2N3/c21-17-6-5-15(12-18(17)22)24-20-16-4-2-1-3-14(16)11-19(25-20)13-7-9-23-10-8-13/h1-12H,(H,24,25). The minimum atomic E-state index is -0.903. The highest BCUT2D eigenvalue weighted by Gasteiger charge is 2.09. The molecule has 4 rings (SSSR count). The lowest BCUT2D eigenvalue weighted by Gasteiger charge is -2.12. The van der Waals surface area contributed by atoms with Gasteiger partial charge in [0.2, 0.25) is 0 Å². The van der Waals surface area contributed by atoms with Crippen LogP contribution < -0.4 is 5.32 Å². The fourth-order valence-electron chi connectivity index (χ4n) is 2.68. The maximum Gasteiger partial charge on any atom is 0.160 e. The highest BCUT2D eigenvalue weighted by molar-refractivity contribution is 5.95. The number of anilines is 2. The Labute approximate surface area is 143 Å². The Kier molecular flexibility index (Phi) is 3.82. The molecule has 122 valence electrons. The number of pyridine rings is 2. The normalized spacial score (nSPS) is 10.8. The van der Waals surface area contributed by atoms with E-state index in [1.54, 1.807) is 12.4 Å². The quantitative estimate of drug-likeness (QED) is 0.551. The van der Waals surface area contributed by atoms with Crippen LogP contribution in [0.2, 0.25) is 0 Å². The Bertz CT molecular complexity index is 1050. The first kappa shape index (κ1) is 15.2. The maximum absolute atomic E-state index is 13.5. The van der Waals surface area contributed by atoms with Gasteiger partial charge in [0.15, 0.2) is 11.6 Å². The van der Waals surface area contributed by atoms with Gasteiger partial charge in [-0.2, -0.15) is 0 Å². The van der Waals surface area contributed by atoms with Crippen molar-refractivity contribution in [1.82, 2.24) is 9.97 Å². The zero-order valence-electron chi connectivity index (χ0n) is 13.1. The molecule has 0 atom stereocenters. The van der Waals surface area contributed by atoms with Crippen LogP contribution in [-0.2, 0) is 0 Å². The number of nitrogens with zero attached hydrogens (tertiary/aromatic N) is 2. The molecule has 0 saturated carbocycles. The maximum atomic E-state index is 13.5. The summed E-state index contributed by atoms with van der Waals surface area (Å²) in [7, 11) is 0. The topological polar surface area (TPSA) is 37.8 Å². The highest BCUT2D eigenvalue weighted by atomic mass is 19.2. The van der Waals surface area contributed by atoms with Crippen LogP contribution in [0.4, 0.5) is 20.3 Å². The summed E-state index contributed by atoms with van der Waals surface area (Å²) in [5, 5.41) is 4.98. The molecule has 0 aliphatic rings. The van der Waals surface area contributed by atoms with Gasteiger partial charge in [0.25, 0.3) is 0 Å². The molecule has 3 nitrogen and oxygen atoms in total. The summed E-state index contributed by atoms with van der Waals surface area (Å²) in [5.41, 5.74) is 2.13. The van der Waals surface area contributed by atoms with Crippen molar-refractivity contribution in [2.75, 3.05) is 5.32 Å². The summed E-state index contributed by atoms with van der Waals surface area (Å²) in [4.78, 5) is 8.68. The van der Waals surface area contributed by atoms with Gasteiger partial charge in [0.05, 0.1) is 5.69 Å². The fourth-order valence-corrected chi connectivity index (χ4v) is 2.68. The molecular formula is C20H13F2N3. The van der Waals surface area contributed by atoms with Crippen LogP contribution >= 0.6 is 0 Å². The molecule has 0 aliphatic carbocycles. The molecule has 0 spiro atoms. The summed E-state index contributed by atoms with van der Waals surface area (Å²) in [6.07, 6.45) is 3.41. The average Bonchev–Trinajstić information content (AvgIpc) is 2.65. The van der Waals surface area contributed by atoms with Gasteiger partial charge in [0.1, 0.15) is 5.82 Å². The summed E-state index contributed by atoms with van der Waals surface area (Å²) < 4.78 is 26.6. The Balaban J connectivity index is 1.85. The Morgan fingerprint density at radius 3 is 2.40 bits per heavy atom. The molecule has 2 aromatic carbocycles. The number of aromatic nitrogens is 2. The van der Waals surface area contributed by atoms with Crippen molar-refractivity contribution in [2.45, 2.75) is 0 Å². The molecule has 0 saturated heterocycles. The second-order valence-electron chi connectivity index (χ2n) is 5.57. The van der Waals surface area contributed by atoms with Crippen molar-refractivity contribution >= 4 is 22.3 Å². The molecule has 5 heteroatoms. The largest absolute Gasteiger partial charge is 0.340 e. The van der Waals surface area contributed by atoms with E-state index in [1.807, 2.05) is 42.5 Å². The third-order valence-corrected chi connectivity index (χ3v) is 3.90. The molecule has 0 fully saturated rings. The summed E-state index contributed by atoms with van der Waals surface area (Å²) in [6.45, 7) is 0. The monoisotopic (exact) mass is 333 g/mol. The number of hydrogen-bond donors (Lipinski definition) is 1. The van der Waals surface area contributed by atoms with Crippen molar-refractivity contribution in [2.24, 2.45) is 0 Å². The highest BCUT2D eigenvalue weighted by Crippen LogP contribution is 2.29. The minimum Gasteiger partial charge on any atom is -0.340 e. The van der Waals surface area contributed by atoms with Crippen LogP contribution in [0.3, 0.4) is 0 Å². The first-order valence-corrected chi connectivity index (χ1v) is 7.73. The van der Waals surface area contributed by atoms with E-state index in [0.717, 1.165) is 34.2 Å². The second-order valence-corrected chi connectivity index (χ2v) is 5.57. The molecule has 0 aliphatic heterocycles. The molecule has 25 heavy (non-hydrogen) atoms. The molecule has 4 aromatic rings. The van der Waals surface area contributed by atoms with E-state index in [2.05, 4.69) is 15.3 Å². The van der Waals surface area contributed by atoms with E-state index in [9.17, 15) is 8.78 Å². The van der Waals surface area contributed by atoms with Crippen LogP contribution in [0.5, 0.6) is 0 Å². The number of halogens is 2. The van der Waals surface area contributed by atoms with Gasteiger partial charge in [-0.05, 0) is 35.7 Å². The lowest BCUT2D eigenvalue weighted by Crippen LogP contribution is -1.98.